The molecule has 0 bridgehead atoms. The van der Waals surface area contributed by atoms with Gasteiger partial charge < -0.3 is 19.9 Å². The third kappa shape index (κ3) is 6.57. The fraction of sp³-hybridized carbons (Fsp3) is 0.393. The summed E-state index contributed by atoms with van der Waals surface area (Å²) in [5, 5.41) is 1.28. The van der Waals surface area contributed by atoms with Crippen LogP contribution in [-0.2, 0) is 16.0 Å². The van der Waals surface area contributed by atoms with Gasteiger partial charge in [0.25, 0.3) is 0 Å². The molecule has 0 amide bonds. The first-order valence-electron chi connectivity index (χ1n) is 12.1. The molecule has 0 fully saturated rings. The lowest BCUT2D eigenvalue weighted by Gasteiger charge is -2.32. The Labute approximate surface area is 212 Å². The predicted octanol–water partition coefficient (Wildman–Crippen LogP) is 5.01. The van der Waals surface area contributed by atoms with Gasteiger partial charge in [0, 0.05) is 12.5 Å². The molecular formula is C28H36FN3O4. The van der Waals surface area contributed by atoms with E-state index in [-0.39, 0.29) is 23.7 Å². The number of hydrogen-bond acceptors (Lipinski definition) is 7. The summed E-state index contributed by atoms with van der Waals surface area (Å²) in [4.78, 5) is 11.7. The smallest absolute Gasteiger partial charge is 0.306 e. The Balaban J connectivity index is 1.87. The minimum atomic E-state index is -0.491. The van der Waals surface area contributed by atoms with Gasteiger partial charge in [-0.1, -0.05) is 32.1 Å². The molecule has 0 heterocycles. The Morgan fingerprint density at radius 3 is 2.61 bits per heavy atom. The van der Waals surface area contributed by atoms with Gasteiger partial charge in [0.1, 0.15) is 23.9 Å². The summed E-state index contributed by atoms with van der Waals surface area (Å²) in [6, 6.07) is 11.9. The molecule has 2 aromatic carbocycles. The molecule has 3 rings (SSSR count). The lowest BCUT2D eigenvalue weighted by atomic mass is 9.83. The number of carbonyl (C=O) groups excluding carboxylic acids is 1. The molecule has 0 unspecified atom stereocenters. The minimum absolute atomic E-state index is 0.0450. The third-order valence-corrected chi connectivity index (χ3v) is 6.28. The van der Waals surface area contributed by atoms with Crippen LogP contribution in [0.1, 0.15) is 45.6 Å². The highest BCUT2D eigenvalue weighted by atomic mass is 19.1. The van der Waals surface area contributed by atoms with Crippen molar-refractivity contribution >= 4 is 11.7 Å². The van der Waals surface area contributed by atoms with Gasteiger partial charge in [-0.05, 0) is 67.0 Å². The first-order chi connectivity index (χ1) is 17.2. The van der Waals surface area contributed by atoms with Gasteiger partial charge in [-0.25, -0.2) is 10.2 Å². The van der Waals surface area contributed by atoms with Crippen LogP contribution in [0.25, 0.3) is 0 Å². The second kappa shape index (κ2) is 11.9. The number of allylic oxidation sites excluding steroid dienone is 2. The van der Waals surface area contributed by atoms with Crippen molar-refractivity contribution in [1.82, 2.24) is 0 Å². The van der Waals surface area contributed by atoms with Crippen LogP contribution in [0.15, 0.2) is 65.5 Å². The van der Waals surface area contributed by atoms with Crippen molar-refractivity contribution in [3.63, 3.8) is 0 Å². The Hall–Kier alpha value is -3.52. The molecule has 1 aliphatic carbocycles. The summed E-state index contributed by atoms with van der Waals surface area (Å²) >= 11 is 0. The van der Waals surface area contributed by atoms with Crippen molar-refractivity contribution in [2.75, 3.05) is 25.3 Å². The van der Waals surface area contributed by atoms with Gasteiger partial charge in [0.15, 0.2) is 0 Å². The van der Waals surface area contributed by atoms with Crippen LogP contribution in [0.2, 0.25) is 0 Å². The first kappa shape index (κ1) is 27.1. The quantitative estimate of drug-likeness (QED) is 0.256. The predicted molar refractivity (Wildman–Crippen MR) is 139 cm³/mol. The third-order valence-electron chi connectivity index (χ3n) is 6.28. The van der Waals surface area contributed by atoms with Crippen LogP contribution in [-0.4, -0.2) is 26.3 Å². The molecule has 0 aromatic heterocycles. The van der Waals surface area contributed by atoms with Crippen LogP contribution >= 0.6 is 0 Å². The van der Waals surface area contributed by atoms with Crippen molar-refractivity contribution in [2.24, 2.45) is 17.0 Å². The standard InChI is InChI=1S/C28H36FN3O4/c1-5-35-26(33)14-11-19-8-6-9-21(16-19)36-18-24(30)27(22-10-7-15-28(22,2)3)32(31)25-17-20(34-4)12-13-23(25)29/h6,8-10,12-13,16-17H,5,7,11,14-15,18,30-31H2,1-4H3/b27-24-. The molecule has 7 nitrogen and oxygen atoms in total. The van der Waals surface area contributed by atoms with Crippen LogP contribution in [0, 0.1) is 11.2 Å². The van der Waals surface area contributed by atoms with Crippen LogP contribution in [0.3, 0.4) is 0 Å². The van der Waals surface area contributed by atoms with Gasteiger partial charge in [0.05, 0.1) is 30.8 Å². The number of esters is 1. The van der Waals surface area contributed by atoms with Crippen LogP contribution < -0.4 is 26.1 Å². The highest BCUT2D eigenvalue weighted by Crippen LogP contribution is 2.44. The van der Waals surface area contributed by atoms with Crippen LogP contribution in [0.4, 0.5) is 10.1 Å². The summed E-state index contributed by atoms with van der Waals surface area (Å²) in [6.07, 6.45) is 4.73. The average Bonchev–Trinajstić information content (AvgIpc) is 3.20. The van der Waals surface area contributed by atoms with Crippen molar-refractivity contribution in [2.45, 2.75) is 46.5 Å². The molecule has 36 heavy (non-hydrogen) atoms. The number of benzene rings is 2. The summed E-state index contributed by atoms with van der Waals surface area (Å²) < 4.78 is 31.1. The maximum Gasteiger partial charge on any atom is 0.306 e. The fourth-order valence-electron chi connectivity index (χ4n) is 4.29. The molecule has 1 aliphatic rings. The monoisotopic (exact) mass is 497 g/mol. The van der Waals surface area contributed by atoms with Crippen LogP contribution in [0.5, 0.6) is 11.5 Å². The molecule has 0 radical (unpaired) electrons. The van der Waals surface area contributed by atoms with E-state index in [1.165, 1.54) is 24.3 Å². The van der Waals surface area contributed by atoms with E-state index in [9.17, 15) is 9.18 Å². The molecule has 4 N–H and O–H groups in total. The Morgan fingerprint density at radius 2 is 1.94 bits per heavy atom. The first-order valence-corrected chi connectivity index (χ1v) is 12.1. The fourth-order valence-corrected chi connectivity index (χ4v) is 4.29. The van der Waals surface area contributed by atoms with E-state index >= 15 is 0 Å². The van der Waals surface area contributed by atoms with E-state index in [0.29, 0.717) is 42.3 Å². The van der Waals surface area contributed by atoms with Gasteiger partial charge in [-0.2, -0.15) is 0 Å². The Morgan fingerprint density at radius 1 is 1.17 bits per heavy atom. The van der Waals surface area contributed by atoms with E-state index in [4.69, 9.17) is 25.8 Å². The maximum absolute atomic E-state index is 14.8. The largest absolute Gasteiger partial charge is 0.497 e. The molecule has 194 valence electrons. The van der Waals surface area contributed by atoms with Crippen molar-refractivity contribution in [3.05, 3.63) is 76.9 Å². The number of hydrazine groups is 1. The highest BCUT2D eigenvalue weighted by Gasteiger charge is 2.34. The van der Waals surface area contributed by atoms with Gasteiger partial charge in [-0.15, -0.1) is 0 Å². The molecule has 8 heteroatoms. The molecule has 0 saturated heterocycles. The highest BCUT2D eigenvalue weighted by molar-refractivity contribution is 5.69. The zero-order valence-corrected chi connectivity index (χ0v) is 21.5. The normalized spacial score (nSPS) is 15.1. The van der Waals surface area contributed by atoms with Crippen molar-refractivity contribution in [3.8, 4) is 11.5 Å². The zero-order chi connectivity index (χ0) is 26.3. The van der Waals surface area contributed by atoms with Gasteiger partial charge in [-0.3, -0.25) is 9.80 Å². The molecule has 2 aromatic rings. The van der Waals surface area contributed by atoms with Gasteiger partial charge in [0.2, 0.25) is 0 Å². The Bertz CT molecular complexity index is 1140. The van der Waals surface area contributed by atoms with Crippen molar-refractivity contribution < 1.29 is 23.4 Å². The number of hydrogen-bond donors (Lipinski definition) is 2. The number of ether oxygens (including phenoxy) is 3. The number of nitrogens with two attached hydrogens (primary N) is 2. The number of aryl methyl sites for hydroxylation is 1. The van der Waals surface area contributed by atoms with E-state index in [1.54, 1.807) is 13.0 Å². The SMILES string of the molecule is CCOC(=O)CCc1cccc(OC/C(N)=C(\C2=CCCC2(C)C)N(N)c2cc(OC)ccc2F)c1. The van der Waals surface area contributed by atoms with E-state index in [2.05, 4.69) is 19.9 Å². The summed E-state index contributed by atoms with van der Waals surface area (Å²) in [5.41, 5.74) is 9.31. The zero-order valence-electron chi connectivity index (χ0n) is 21.5. The maximum atomic E-state index is 14.8. The number of anilines is 1. The molecule has 0 spiro atoms. The number of halogens is 1. The topological polar surface area (TPSA) is 100 Å². The second-order valence-corrected chi connectivity index (χ2v) is 9.34. The van der Waals surface area contributed by atoms with E-state index in [0.717, 1.165) is 24.0 Å². The average molecular weight is 498 g/mol. The lowest BCUT2D eigenvalue weighted by molar-refractivity contribution is -0.143. The van der Waals surface area contributed by atoms with Crippen molar-refractivity contribution in [1.29, 1.82) is 0 Å². The van der Waals surface area contributed by atoms with Gasteiger partial charge >= 0.3 is 5.97 Å². The number of rotatable bonds is 11. The number of methoxy groups -OCH3 is 1. The Kier molecular flexibility index (Phi) is 8.98. The van der Waals surface area contributed by atoms with E-state index in [1.807, 2.05) is 24.3 Å². The number of nitrogens with zero attached hydrogens (tertiary/aromatic N) is 1. The summed E-state index contributed by atoms with van der Waals surface area (Å²) in [7, 11) is 1.51. The lowest BCUT2D eigenvalue weighted by Crippen LogP contribution is -2.37. The number of carbonyl (C=O) groups is 1. The summed E-state index contributed by atoms with van der Waals surface area (Å²) in [6.45, 7) is 6.42. The molecule has 0 aliphatic heterocycles. The molecule has 0 atom stereocenters. The molecule has 0 saturated carbocycles. The minimum Gasteiger partial charge on any atom is -0.497 e. The molecular weight excluding hydrogens is 461 g/mol. The second-order valence-electron chi connectivity index (χ2n) is 9.34. The summed E-state index contributed by atoms with van der Waals surface area (Å²) in [5.74, 6) is 6.87. The van der Waals surface area contributed by atoms with E-state index < -0.39 is 5.82 Å².